The summed E-state index contributed by atoms with van der Waals surface area (Å²) in [7, 11) is 1.59. The van der Waals surface area contributed by atoms with Crippen molar-refractivity contribution in [3.8, 4) is 11.5 Å². The minimum Gasteiger partial charge on any atom is -0.497 e. The van der Waals surface area contributed by atoms with Gasteiger partial charge in [-0.05, 0) is 46.4 Å². The zero-order chi connectivity index (χ0) is 29.6. The van der Waals surface area contributed by atoms with Crippen LogP contribution in [0.25, 0.3) is 0 Å². The molecule has 41 heavy (non-hydrogen) atoms. The van der Waals surface area contributed by atoms with Crippen molar-refractivity contribution in [1.82, 2.24) is 25.3 Å². The molecule has 1 atom stereocenters. The maximum atomic E-state index is 13.1. The molecule has 0 aliphatic rings. The SMILES string of the molecule is COc1ccc(Cn2cc([C@H](NC(=O)Cc3ccc(C(C)(C)C)cc3)c3ccc(OCC(F)(F)F)cn3)nn2)cc1. The lowest BCUT2D eigenvalue weighted by molar-refractivity contribution is -0.153. The lowest BCUT2D eigenvalue weighted by Crippen LogP contribution is -2.31. The van der Waals surface area contributed by atoms with E-state index < -0.39 is 18.8 Å². The molecule has 2 aromatic carbocycles. The molecule has 0 bridgehead atoms. The molecule has 11 heteroatoms. The van der Waals surface area contributed by atoms with E-state index in [1.165, 1.54) is 18.3 Å². The Morgan fingerprint density at radius 3 is 2.17 bits per heavy atom. The van der Waals surface area contributed by atoms with Gasteiger partial charge in [0.15, 0.2) is 6.61 Å². The smallest absolute Gasteiger partial charge is 0.422 e. The van der Waals surface area contributed by atoms with Crippen LogP contribution in [0.4, 0.5) is 13.2 Å². The number of carbonyl (C=O) groups is 1. The maximum Gasteiger partial charge on any atom is 0.422 e. The Kier molecular flexibility index (Phi) is 8.95. The third-order valence-corrected chi connectivity index (χ3v) is 6.30. The van der Waals surface area contributed by atoms with E-state index in [0.717, 1.165) is 22.4 Å². The first-order chi connectivity index (χ1) is 19.4. The van der Waals surface area contributed by atoms with E-state index in [9.17, 15) is 18.0 Å². The highest BCUT2D eigenvalue weighted by Crippen LogP contribution is 2.24. The number of ether oxygens (including phenoxy) is 2. The Morgan fingerprint density at radius 2 is 1.59 bits per heavy atom. The quantitative estimate of drug-likeness (QED) is 0.275. The van der Waals surface area contributed by atoms with Crippen LogP contribution in [0, 0.1) is 0 Å². The molecule has 0 fully saturated rings. The van der Waals surface area contributed by atoms with Crippen LogP contribution >= 0.6 is 0 Å². The topological polar surface area (TPSA) is 91.2 Å². The second-order valence-corrected chi connectivity index (χ2v) is 10.6. The minimum atomic E-state index is -4.47. The number of halogens is 3. The predicted octanol–water partition coefficient (Wildman–Crippen LogP) is 5.42. The number of aromatic nitrogens is 4. The van der Waals surface area contributed by atoms with E-state index in [-0.39, 0.29) is 23.5 Å². The van der Waals surface area contributed by atoms with Crippen LogP contribution in [-0.4, -0.2) is 45.8 Å². The van der Waals surface area contributed by atoms with Gasteiger partial charge in [0, 0.05) is 0 Å². The van der Waals surface area contributed by atoms with Crippen LogP contribution in [0.3, 0.4) is 0 Å². The van der Waals surface area contributed by atoms with Crippen molar-refractivity contribution in [1.29, 1.82) is 0 Å². The van der Waals surface area contributed by atoms with E-state index in [0.29, 0.717) is 17.9 Å². The van der Waals surface area contributed by atoms with Gasteiger partial charge in [-0.15, -0.1) is 5.10 Å². The van der Waals surface area contributed by atoms with Gasteiger partial charge in [0.2, 0.25) is 5.91 Å². The number of hydrogen-bond acceptors (Lipinski definition) is 6. The first-order valence-corrected chi connectivity index (χ1v) is 13.0. The molecule has 216 valence electrons. The van der Waals surface area contributed by atoms with Crippen LogP contribution in [-0.2, 0) is 23.2 Å². The molecule has 0 radical (unpaired) electrons. The first kappa shape index (κ1) is 29.6. The third-order valence-electron chi connectivity index (χ3n) is 6.30. The van der Waals surface area contributed by atoms with Crippen molar-refractivity contribution in [3.05, 3.63) is 101 Å². The average Bonchev–Trinajstić information content (AvgIpc) is 3.39. The Labute approximate surface area is 236 Å². The molecule has 1 N–H and O–H groups in total. The predicted molar refractivity (Wildman–Crippen MR) is 147 cm³/mol. The lowest BCUT2D eigenvalue weighted by Gasteiger charge is -2.19. The lowest BCUT2D eigenvalue weighted by atomic mass is 9.86. The second kappa shape index (κ2) is 12.4. The molecule has 0 spiro atoms. The number of carbonyl (C=O) groups excluding carboxylic acids is 1. The van der Waals surface area contributed by atoms with Gasteiger partial charge < -0.3 is 14.8 Å². The third kappa shape index (κ3) is 8.54. The van der Waals surface area contributed by atoms with Gasteiger partial charge >= 0.3 is 6.18 Å². The van der Waals surface area contributed by atoms with Crippen molar-refractivity contribution in [2.45, 2.75) is 51.4 Å². The zero-order valence-corrected chi connectivity index (χ0v) is 23.3. The number of nitrogens with one attached hydrogen (secondary N) is 1. The van der Waals surface area contributed by atoms with Gasteiger partial charge in [-0.25, -0.2) is 4.68 Å². The normalized spacial score (nSPS) is 12.6. The number of hydrogen-bond donors (Lipinski definition) is 1. The van der Waals surface area contributed by atoms with Gasteiger partial charge in [-0.1, -0.05) is 62.4 Å². The maximum absolute atomic E-state index is 13.1. The summed E-state index contributed by atoms with van der Waals surface area (Å²) in [6.07, 6.45) is -1.47. The van der Waals surface area contributed by atoms with Crippen LogP contribution in [0.1, 0.15) is 54.9 Å². The van der Waals surface area contributed by atoms with E-state index in [4.69, 9.17) is 9.47 Å². The summed E-state index contributed by atoms with van der Waals surface area (Å²) in [4.78, 5) is 17.4. The molecular weight excluding hydrogens is 535 g/mol. The molecule has 4 aromatic rings. The van der Waals surface area contributed by atoms with E-state index in [1.807, 2.05) is 48.5 Å². The molecule has 0 saturated heterocycles. The largest absolute Gasteiger partial charge is 0.497 e. The summed E-state index contributed by atoms with van der Waals surface area (Å²) >= 11 is 0. The van der Waals surface area contributed by atoms with Crippen molar-refractivity contribution in [2.24, 2.45) is 0 Å². The average molecular weight is 568 g/mol. The fourth-order valence-electron chi connectivity index (χ4n) is 4.07. The summed E-state index contributed by atoms with van der Waals surface area (Å²) in [5, 5.41) is 11.4. The molecule has 2 aromatic heterocycles. The van der Waals surface area contributed by atoms with Gasteiger partial charge in [-0.2, -0.15) is 13.2 Å². The highest BCUT2D eigenvalue weighted by Gasteiger charge is 2.29. The van der Waals surface area contributed by atoms with Crippen LogP contribution in [0.5, 0.6) is 11.5 Å². The standard InChI is InChI=1S/C30H32F3N5O3/c1-29(2,3)22-9-5-20(6-10-22)15-27(39)35-28(25-14-13-24(16-34-25)41-19-30(31,32)33)26-18-38(37-36-26)17-21-7-11-23(40-4)12-8-21/h5-14,16,18,28H,15,17,19H2,1-4H3,(H,35,39)/t28-/m1/s1. The summed E-state index contributed by atoms with van der Waals surface area (Å²) < 4.78 is 49.3. The molecule has 0 unspecified atom stereocenters. The molecular formula is C30H32F3N5O3. The fraction of sp³-hybridized carbons (Fsp3) is 0.333. The van der Waals surface area contributed by atoms with E-state index >= 15 is 0 Å². The van der Waals surface area contributed by atoms with Gasteiger partial charge in [0.25, 0.3) is 0 Å². The van der Waals surface area contributed by atoms with Crippen LogP contribution in [0.15, 0.2) is 73.1 Å². The monoisotopic (exact) mass is 567 g/mol. The first-order valence-electron chi connectivity index (χ1n) is 13.0. The van der Waals surface area contributed by atoms with Gasteiger partial charge in [0.05, 0.1) is 38.2 Å². The summed E-state index contributed by atoms with van der Waals surface area (Å²) in [6, 6.07) is 17.4. The van der Waals surface area contributed by atoms with Gasteiger partial charge in [0.1, 0.15) is 23.2 Å². The molecule has 0 aliphatic carbocycles. The van der Waals surface area contributed by atoms with E-state index in [2.05, 4.69) is 41.4 Å². The molecule has 4 rings (SSSR count). The number of nitrogens with zero attached hydrogens (tertiary/aromatic N) is 4. The Bertz CT molecular complexity index is 1430. The van der Waals surface area contributed by atoms with Gasteiger partial charge in [-0.3, -0.25) is 9.78 Å². The molecule has 0 saturated carbocycles. The number of amides is 1. The highest BCUT2D eigenvalue weighted by molar-refractivity contribution is 5.79. The number of rotatable bonds is 10. The zero-order valence-electron chi connectivity index (χ0n) is 23.3. The van der Waals surface area contributed by atoms with Crippen molar-refractivity contribution in [3.63, 3.8) is 0 Å². The minimum absolute atomic E-state index is 0.00876. The van der Waals surface area contributed by atoms with E-state index in [1.54, 1.807) is 18.0 Å². The molecule has 8 nitrogen and oxygen atoms in total. The second-order valence-electron chi connectivity index (χ2n) is 10.6. The molecule has 2 heterocycles. The number of benzene rings is 2. The molecule has 0 aliphatic heterocycles. The molecule has 1 amide bonds. The van der Waals surface area contributed by atoms with Crippen LogP contribution in [0.2, 0.25) is 0 Å². The summed E-state index contributed by atoms with van der Waals surface area (Å²) in [5.74, 6) is 0.415. The summed E-state index contributed by atoms with van der Waals surface area (Å²) in [6.45, 7) is 5.35. The number of pyridine rings is 1. The summed E-state index contributed by atoms with van der Waals surface area (Å²) in [5.41, 5.74) is 3.74. The highest BCUT2D eigenvalue weighted by atomic mass is 19.4. The van der Waals surface area contributed by atoms with Crippen molar-refractivity contribution >= 4 is 5.91 Å². The number of alkyl halides is 3. The fourth-order valence-corrected chi connectivity index (χ4v) is 4.07. The van der Waals surface area contributed by atoms with Crippen LogP contribution < -0.4 is 14.8 Å². The number of methoxy groups -OCH3 is 1. The Morgan fingerprint density at radius 1 is 0.927 bits per heavy atom. The Hall–Kier alpha value is -4.41. The van der Waals surface area contributed by atoms with Crippen molar-refractivity contribution < 1.29 is 27.4 Å². The Balaban J connectivity index is 1.53. The van der Waals surface area contributed by atoms with Crippen molar-refractivity contribution in [2.75, 3.05) is 13.7 Å².